The number of hydrogen-bond donors (Lipinski definition) is 0. The van der Waals surface area contributed by atoms with E-state index in [4.69, 9.17) is 0 Å². The number of anilines is 4. The highest BCUT2D eigenvalue weighted by atomic mass is 15.4. The molecule has 196 valence electrons. The monoisotopic (exact) mass is 518 g/mol. The fourth-order valence-electron chi connectivity index (χ4n) is 5.82. The molecule has 5 aromatic rings. The van der Waals surface area contributed by atoms with Crippen molar-refractivity contribution in [3.05, 3.63) is 174 Å². The normalized spacial score (nSPS) is 13.9. The zero-order chi connectivity index (χ0) is 27.4. The lowest BCUT2D eigenvalue weighted by Gasteiger charge is -2.52. The van der Waals surface area contributed by atoms with Crippen LogP contribution in [0.2, 0.25) is 0 Å². The van der Waals surface area contributed by atoms with Gasteiger partial charge in [0.2, 0.25) is 0 Å². The molecule has 0 spiro atoms. The Balaban J connectivity index is 1.65. The molecule has 0 aliphatic heterocycles. The Morgan fingerprint density at radius 3 is 1.35 bits per heavy atom. The summed E-state index contributed by atoms with van der Waals surface area (Å²) in [5.41, 5.74) is 9.03. The lowest BCUT2D eigenvalue weighted by molar-refractivity contribution is 0.524. The predicted molar refractivity (Wildman–Crippen MR) is 170 cm³/mol. The number of aryl methyl sites for hydroxylation is 2. The van der Waals surface area contributed by atoms with Crippen LogP contribution in [0.3, 0.4) is 0 Å². The molecule has 0 aromatic heterocycles. The number of benzene rings is 5. The molecule has 2 nitrogen and oxygen atoms in total. The van der Waals surface area contributed by atoms with Gasteiger partial charge in [0.15, 0.2) is 0 Å². The zero-order valence-electron chi connectivity index (χ0n) is 23.1. The highest BCUT2D eigenvalue weighted by molar-refractivity contribution is 5.82. The maximum atomic E-state index is 2.52. The van der Waals surface area contributed by atoms with Crippen LogP contribution < -0.4 is 9.80 Å². The van der Waals surface area contributed by atoms with Gasteiger partial charge >= 0.3 is 0 Å². The Morgan fingerprint density at radius 2 is 0.925 bits per heavy atom. The summed E-state index contributed by atoms with van der Waals surface area (Å²) in [6, 6.07) is 49.7. The average Bonchev–Trinajstić information content (AvgIpc) is 3.01. The van der Waals surface area contributed by atoms with Gasteiger partial charge in [-0.25, -0.2) is 0 Å². The van der Waals surface area contributed by atoms with Crippen LogP contribution in [0.1, 0.15) is 23.1 Å². The second kappa shape index (κ2) is 11.1. The summed E-state index contributed by atoms with van der Waals surface area (Å²) in [6.07, 6.45) is 7.90. The van der Waals surface area contributed by atoms with Gasteiger partial charge in [0, 0.05) is 29.2 Å². The maximum Gasteiger partial charge on any atom is 0.145 e. The summed E-state index contributed by atoms with van der Waals surface area (Å²) >= 11 is 0. The van der Waals surface area contributed by atoms with Gasteiger partial charge in [0.25, 0.3) is 0 Å². The molecule has 0 amide bonds. The van der Waals surface area contributed by atoms with Gasteiger partial charge in [-0.3, -0.25) is 0 Å². The lowest BCUT2D eigenvalue weighted by Crippen LogP contribution is -2.57. The highest BCUT2D eigenvalue weighted by Gasteiger charge is 2.44. The van der Waals surface area contributed by atoms with Gasteiger partial charge in [-0.05, 0) is 78.6 Å². The fourth-order valence-corrected chi connectivity index (χ4v) is 5.82. The van der Waals surface area contributed by atoms with E-state index in [1.165, 1.54) is 33.6 Å². The van der Waals surface area contributed by atoms with E-state index in [1.54, 1.807) is 0 Å². The largest absolute Gasteiger partial charge is 0.314 e. The lowest BCUT2D eigenvalue weighted by atomic mass is 9.87. The Labute approximate surface area is 238 Å². The second-order valence-electron chi connectivity index (χ2n) is 10.4. The fraction of sp³-hybridized carbons (Fsp3) is 0.105. The quantitative estimate of drug-likeness (QED) is 0.198. The summed E-state index contributed by atoms with van der Waals surface area (Å²) < 4.78 is 0. The van der Waals surface area contributed by atoms with E-state index in [2.05, 4.69) is 181 Å². The highest BCUT2D eigenvalue weighted by Crippen LogP contribution is 2.48. The first-order valence-electron chi connectivity index (χ1n) is 13.9. The van der Waals surface area contributed by atoms with Crippen LogP contribution in [0.15, 0.2) is 158 Å². The minimum atomic E-state index is -0.570. The number of hydrogen-bond acceptors (Lipinski definition) is 2. The van der Waals surface area contributed by atoms with Crippen LogP contribution in [0, 0.1) is 13.8 Å². The van der Waals surface area contributed by atoms with Crippen molar-refractivity contribution in [2.45, 2.75) is 25.9 Å². The van der Waals surface area contributed by atoms with Crippen LogP contribution in [-0.2, 0) is 0 Å². The Kier molecular flexibility index (Phi) is 7.08. The van der Waals surface area contributed by atoms with Gasteiger partial charge in [0.1, 0.15) is 5.66 Å². The molecule has 0 N–H and O–H groups in total. The van der Waals surface area contributed by atoms with E-state index in [-0.39, 0.29) is 0 Å². The summed E-state index contributed by atoms with van der Waals surface area (Å²) in [6.45, 7) is 4.41. The van der Waals surface area contributed by atoms with E-state index in [9.17, 15) is 0 Å². The molecule has 0 saturated heterocycles. The molecule has 0 radical (unpaired) electrons. The van der Waals surface area contributed by atoms with Gasteiger partial charge < -0.3 is 9.80 Å². The third-order valence-corrected chi connectivity index (χ3v) is 7.78. The third kappa shape index (κ3) is 4.74. The molecule has 0 fully saturated rings. The van der Waals surface area contributed by atoms with E-state index in [1.807, 2.05) is 0 Å². The zero-order valence-corrected chi connectivity index (χ0v) is 23.1. The molecule has 2 heteroatoms. The maximum absolute atomic E-state index is 2.52. The van der Waals surface area contributed by atoms with E-state index < -0.39 is 5.66 Å². The smallest absolute Gasteiger partial charge is 0.145 e. The first-order chi connectivity index (χ1) is 19.7. The summed E-state index contributed by atoms with van der Waals surface area (Å²) in [4.78, 5) is 5.05. The molecule has 0 bridgehead atoms. The molecular formula is C38H34N2. The Hall–Kier alpha value is -4.82. The van der Waals surface area contributed by atoms with Gasteiger partial charge in [-0.1, -0.05) is 115 Å². The van der Waals surface area contributed by atoms with Crippen molar-refractivity contribution in [2.24, 2.45) is 0 Å². The number of para-hydroxylation sites is 4. The van der Waals surface area contributed by atoms with Crippen molar-refractivity contribution in [1.29, 1.82) is 0 Å². The standard InChI is InChI=1S/C38H34N2/c1-30-16-12-14-24-36(30)39(34-20-8-4-9-21-34)38(28-26-33(27-29-38)32-18-6-3-7-19-32)40(35-22-10-5-11-23-35)37-25-15-13-17-31(37)2/h3-28H,29H2,1-2H3. The molecular weight excluding hydrogens is 484 g/mol. The molecule has 1 aliphatic carbocycles. The van der Waals surface area contributed by atoms with Crippen LogP contribution in [-0.4, -0.2) is 5.66 Å². The molecule has 0 atom stereocenters. The SMILES string of the molecule is Cc1ccccc1N(c1ccccc1)C1(N(c2ccccc2)c2ccccc2C)C=CC(c2ccccc2)=CC1. The predicted octanol–water partition coefficient (Wildman–Crippen LogP) is 10.0. The van der Waals surface area contributed by atoms with Gasteiger partial charge in [-0.15, -0.1) is 0 Å². The molecule has 0 unspecified atom stereocenters. The number of rotatable bonds is 7. The minimum absolute atomic E-state index is 0.570. The van der Waals surface area contributed by atoms with Crippen molar-refractivity contribution in [2.75, 3.05) is 9.80 Å². The molecule has 0 heterocycles. The minimum Gasteiger partial charge on any atom is -0.314 e. The Morgan fingerprint density at radius 1 is 0.500 bits per heavy atom. The average molecular weight is 519 g/mol. The molecule has 1 aliphatic rings. The van der Waals surface area contributed by atoms with E-state index in [0.29, 0.717) is 0 Å². The summed E-state index contributed by atoms with van der Waals surface area (Å²) in [7, 11) is 0. The summed E-state index contributed by atoms with van der Waals surface area (Å²) in [5.74, 6) is 0. The van der Waals surface area contributed by atoms with Gasteiger partial charge in [0.05, 0.1) is 0 Å². The molecule has 0 saturated carbocycles. The van der Waals surface area contributed by atoms with Crippen molar-refractivity contribution < 1.29 is 0 Å². The topological polar surface area (TPSA) is 6.48 Å². The first-order valence-corrected chi connectivity index (χ1v) is 13.9. The second-order valence-corrected chi connectivity index (χ2v) is 10.4. The number of allylic oxidation sites excluding steroid dienone is 2. The first kappa shape index (κ1) is 25.5. The third-order valence-electron chi connectivity index (χ3n) is 7.78. The van der Waals surface area contributed by atoms with Crippen molar-refractivity contribution in [3.63, 3.8) is 0 Å². The van der Waals surface area contributed by atoms with Crippen LogP contribution in [0.25, 0.3) is 5.57 Å². The van der Waals surface area contributed by atoms with Crippen molar-refractivity contribution in [1.82, 2.24) is 0 Å². The summed E-state index contributed by atoms with van der Waals surface area (Å²) in [5, 5.41) is 0. The molecule has 40 heavy (non-hydrogen) atoms. The van der Waals surface area contributed by atoms with Crippen molar-refractivity contribution in [3.8, 4) is 0 Å². The van der Waals surface area contributed by atoms with Crippen molar-refractivity contribution >= 4 is 28.3 Å². The Bertz CT molecular complexity index is 1550. The van der Waals surface area contributed by atoms with E-state index >= 15 is 0 Å². The van der Waals surface area contributed by atoms with Crippen LogP contribution in [0.5, 0.6) is 0 Å². The van der Waals surface area contributed by atoms with Gasteiger partial charge in [-0.2, -0.15) is 0 Å². The molecule has 5 aromatic carbocycles. The van der Waals surface area contributed by atoms with E-state index in [0.717, 1.165) is 17.8 Å². The molecule has 6 rings (SSSR count). The van der Waals surface area contributed by atoms with Crippen LogP contribution >= 0.6 is 0 Å². The van der Waals surface area contributed by atoms with Crippen LogP contribution in [0.4, 0.5) is 22.7 Å². The number of nitrogens with zero attached hydrogens (tertiary/aromatic N) is 2.